The summed E-state index contributed by atoms with van der Waals surface area (Å²) >= 11 is 0. The molecule has 1 atom stereocenters. The molecule has 1 N–H and O–H groups in total. The van der Waals surface area contributed by atoms with Crippen LogP contribution >= 0.6 is 0 Å². The average Bonchev–Trinajstić information content (AvgIpc) is 2.61. The maximum atomic E-state index is 12.6. The van der Waals surface area contributed by atoms with E-state index >= 15 is 0 Å². The number of hydrogen-bond donors (Lipinski definition) is 1. The minimum Gasteiger partial charge on any atom is -0.496 e. The van der Waals surface area contributed by atoms with Crippen molar-refractivity contribution >= 4 is 16.1 Å². The van der Waals surface area contributed by atoms with Crippen LogP contribution in [0.4, 0.5) is 0 Å². The van der Waals surface area contributed by atoms with Crippen LogP contribution in [0.3, 0.4) is 0 Å². The predicted molar refractivity (Wildman–Crippen MR) is 101 cm³/mol. The fourth-order valence-electron chi connectivity index (χ4n) is 3.17. The predicted octanol–water partition coefficient (Wildman–Crippen LogP) is 1.70. The van der Waals surface area contributed by atoms with Crippen molar-refractivity contribution in [2.75, 3.05) is 34.3 Å². The molecule has 0 spiro atoms. The molecule has 26 heavy (non-hydrogen) atoms. The van der Waals surface area contributed by atoms with Gasteiger partial charge in [0.15, 0.2) is 0 Å². The smallest absolute Gasteiger partial charge is 0.281 e. The van der Waals surface area contributed by atoms with Crippen LogP contribution in [-0.4, -0.2) is 57.2 Å². The molecule has 1 unspecified atom stereocenters. The Morgan fingerprint density at radius 2 is 1.92 bits per heavy atom. The zero-order valence-corrected chi connectivity index (χ0v) is 17.0. The summed E-state index contributed by atoms with van der Waals surface area (Å²) in [6.45, 7) is 4.66. The van der Waals surface area contributed by atoms with Gasteiger partial charge in [0.1, 0.15) is 5.75 Å². The summed E-state index contributed by atoms with van der Waals surface area (Å²) < 4.78 is 32.2. The van der Waals surface area contributed by atoms with Crippen LogP contribution in [0.2, 0.25) is 0 Å². The SMILES string of the molecule is COc1ccc(C(C)NC(=O)C2CCN(S(=O)(=O)N(C)C)CC2)cc1C. The molecule has 0 aliphatic carbocycles. The Kier molecular flexibility index (Phi) is 6.65. The zero-order chi connectivity index (χ0) is 19.5. The van der Waals surface area contributed by atoms with Crippen LogP contribution < -0.4 is 10.1 Å². The maximum Gasteiger partial charge on any atom is 0.281 e. The van der Waals surface area contributed by atoms with E-state index in [-0.39, 0.29) is 17.9 Å². The second kappa shape index (κ2) is 8.37. The van der Waals surface area contributed by atoms with Gasteiger partial charge in [0, 0.05) is 33.1 Å². The molecular formula is C18H29N3O4S. The Bertz CT molecular complexity index is 741. The molecule has 0 saturated carbocycles. The molecule has 1 fully saturated rings. The van der Waals surface area contributed by atoms with Crippen LogP contribution in [0.1, 0.15) is 36.9 Å². The van der Waals surface area contributed by atoms with E-state index in [1.54, 1.807) is 7.11 Å². The van der Waals surface area contributed by atoms with Gasteiger partial charge < -0.3 is 10.1 Å². The lowest BCUT2D eigenvalue weighted by atomic mass is 9.96. The highest BCUT2D eigenvalue weighted by Gasteiger charge is 2.32. The number of ether oxygens (including phenoxy) is 1. The molecular weight excluding hydrogens is 354 g/mol. The van der Waals surface area contributed by atoms with E-state index in [0.29, 0.717) is 25.9 Å². The number of methoxy groups -OCH3 is 1. The first-order valence-electron chi connectivity index (χ1n) is 8.79. The Balaban J connectivity index is 1.94. The number of piperidine rings is 1. The van der Waals surface area contributed by atoms with Crippen molar-refractivity contribution in [3.63, 3.8) is 0 Å². The third-order valence-electron chi connectivity index (χ3n) is 4.89. The quantitative estimate of drug-likeness (QED) is 0.811. The molecule has 0 radical (unpaired) electrons. The average molecular weight is 384 g/mol. The lowest BCUT2D eigenvalue weighted by Crippen LogP contribution is -2.47. The number of benzene rings is 1. The summed E-state index contributed by atoms with van der Waals surface area (Å²) in [4.78, 5) is 12.6. The van der Waals surface area contributed by atoms with Gasteiger partial charge in [0.05, 0.1) is 13.2 Å². The molecule has 1 amide bonds. The van der Waals surface area contributed by atoms with Gasteiger partial charge >= 0.3 is 0 Å². The van der Waals surface area contributed by atoms with Gasteiger partial charge in [-0.25, -0.2) is 0 Å². The Morgan fingerprint density at radius 3 is 2.42 bits per heavy atom. The molecule has 1 heterocycles. The standard InChI is InChI=1S/C18H29N3O4S/c1-13-12-16(6-7-17(13)25-5)14(2)19-18(22)15-8-10-21(11-9-15)26(23,24)20(3)4/h6-7,12,14-15H,8-11H2,1-5H3,(H,19,22). The van der Waals surface area contributed by atoms with Crippen molar-refractivity contribution in [3.05, 3.63) is 29.3 Å². The van der Waals surface area contributed by atoms with Crippen LogP contribution in [0.25, 0.3) is 0 Å². The molecule has 1 saturated heterocycles. The minimum absolute atomic E-state index is 0.0205. The van der Waals surface area contributed by atoms with Crippen molar-refractivity contribution in [3.8, 4) is 5.75 Å². The molecule has 1 aromatic rings. The van der Waals surface area contributed by atoms with Crippen molar-refractivity contribution in [2.24, 2.45) is 5.92 Å². The molecule has 146 valence electrons. The van der Waals surface area contributed by atoms with Crippen molar-refractivity contribution in [1.82, 2.24) is 13.9 Å². The van der Waals surface area contributed by atoms with Gasteiger partial charge in [-0.15, -0.1) is 0 Å². The molecule has 0 aromatic heterocycles. The fourth-order valence-corrected chi connectivity index (χ4v) is 4.30. The number of nitrogens with one attached hydrogen (secondary N) is 1. The van der Waals surface area contributed by atoms with Crippen LogP contribution in [0.15, 0.2) is 18.2 Å². The summed E-state index contributed by atoms with van der Waals surface area (Å²) in [5, 5.41) is 3.05. The van der Waals surface area contributed by atoms with E-state index in [9.17, 15) is 13.2 Å². The van der Waals surface area contributed by atoms with E-state index in [1.807, 2.05) is 32.0 Å². The van der Waals surface area contributed by atoms with Gasteiger partial charge in [-0.1, -0.05) is 12.1 Å². The van der Waals surface area contributed by atoms with E-state index in [0.717, 1.165) is 16.9 Å². The molecule has 1 aliphatic heterocycles. The van der Waals surface area contributed by atoms with Crippen LogP contribution in [0, 0.1) is 12.8 Å². The number of carbonyl (C=O) groups is 1. The van der Waals surface area contributed by atoms with E-state index in [2.05, 4.69) is 5.32 Å². The number of aryl methyl sites for hydroxylation is 1. The highest BCUT2D eigenvalue weighted by Crippen LogP contribution is 2.24. The molecule has 2 rings (SSSR count). The minimum atomic E-state index is -3.40. The van der Waals surface area contributed by atoms with Crippen LogP contribution in [-0.2, 0) is 15.0 Å². The number of carbonyl (C=O) groups excluding carboxylic acids is 1. The summed E-state index contributed by atoms with van der Waals surface area (Å²) in [7, 11) is 1.27. The highest BCUT2D eigenvalue weighted by atomic mass is 32.2. The molecule has 1 aliphatic rings. The lowest BCUT2D eigenvalue weighted by molar-refractivity contribution is -0.126. The van der Waals surface area contributed by atoms with Crippen LogP contribution in [0.5, 0.6) is 5.75 Å². The topological polar surface area (TPSA) is 79.0 Å². The second-order valence-corrected chi connectivity index (χ2v) is 9.07. The Hall–Kier alpha value is -1.64. The van der Waals surface area contributed by atoms with E-state index in [1.165, 1.54) is 22.7 Å². The molecule has 1 aromatic carbocycles. The van der Waals surface area contributed by atoms with Gasteiger partial charge in [-0.3, -0.25) is 4.79 Å². The number of rotatable bonds is 6. The summed E-state index contributed by atoms with van der Waals surface area (Å²) in [6.07, 6.45) is 1.07. The van der Waals surface area contributed by atoms with Gasteiger partial charge in [-0.2, -0.15) is 17.0 Å². The van der Waals surface area contributed by atoms with Crippen molar-refractivity contribution < 1.29 is 17.9 Å². The zero-order valence-electron chi connectivity index (χ0n) is 16.2. The highest BCUT2D eigenvalue weighted by molar-refractivity contribution is 7.86. The Labute approximate surface area is 156 Å². The number of nitrogens with zero attached hydrogens (tertiary/aromatic N) is 2. The van der Waals surface area contributed by atoms with Gasteiger partial charge in [0.2, 0.25) is 5.91 Å². The third-order valence-corrected chi connectivity index (χ3v) is 6.83. The fraction of sp³-hybridized carbons (Fsp3) is 0.611. The normalized spacial score (nSPS) is 17.9. The first-order valence-corrected chi connectivity index (χ1v) is 10.2. The van der Waals surface area contributed by atoms with E-state index < -0.39 is 10.2 Å². The van der Waals surface area contributed by atoms with E-state index in [4.69, 9.17) is 4.74 Å². The van der Waals surface area contributed by atoms with Gasteiger partial charge in [-0.05, 0) is 43.9 Å². The third kappa shape index (κ3) is 4.55. The van der Waals surface area contributed by atoms with Crippen molar-refractivity contribution in [1.29, 1.82) is 0 Å². The lowest BCUT2D eigenvalue weighted by Gasteiger charge is -2.32. The molecule has 8 heteroatoms. The number of hydrogen-bond acceptors (Lipinski definition) is 4. The summed E-state index contributed by atoms with van der Waals surface area (Å²) in [5.74, 6) is 0.639. The maximum absolute atomic E-state index is 12.6. The first-order chi connectivity index (χ1) is 12.2. The molecule has 7 nitrogen and oxygen atoms in total. The summed E-state index contributed by atoms with van der Waals surface area (Å²) in [6, 6.07) is 5.74. The second-order valence-electron chi connectivity index (χ2n) is 6.92. The van der Waals surface area contributed by atoms with Crippen molar-refractivity contribution in [2.45, 2.75) is 32.7 Å². The summed E-state index contributed by atoms with van der Waals surface area (Å²) in [5.41, 5.74) is 2.04. The number of amides is 1. The largest absolute Gasteiger partial charge is 0.496 e. The molecule has 0 bridgehead atoms. The first kappa shape index (κ1) is 20.7. The Morgan fingerprint density at radius 1 is 1.31 bits per heavy atom. The monoisotopic (exact) mass is 383 g/mol. The van der Waals surface area contributed by atoms with Gasteiger partial charge in [0.25, 0.3) is 10.2 Å².